The van der Waals surface area contributed by atoms with Crippen LogP contribution < -0.4 is 0 Å². The predicted octanol–water partition coefficient (Wildman–Crippen LogP) is 1.50. The molecule has 1 aromatic rings. The zero-order chi connectivity index (χ0) is 10.8. The van der Waals surface area contributed by atoms with Crippen LogP contribution in [0.3, 0.4) is 0 Å². The van der Waals surface area contributed by atoms with Crippen LogP contribution in [0.5, 0.6) is 11.5 Å². The van der Waals surface area contributed by atoms with Gasteiger partial charge in [0.05, 0.1) is 0 Å². The van der Waals surface area contributed by atoms with Crippen LogP contribution in [0.25, 0.3) is 0 Å². The van der Waals surface area contributed by atoms with Crippen molar-refractivity contribution in [2.45, 2.75) is 19.8 Å². The molecule has 1 aromatic carbocycles. The second-order valence-corrected chi connectivity index (χ2v) is 3.95. The van der Waals surface area contributed by atoms with Gasteiger partial charge in [0.1, 0.15) is 13.1 Å². The summed E-state index contributed by atoms with van der Waals surface area (Å²) in [5, 5.41) is 18.8. The number of hydrogen-bond donors (Lipinski definition) is 2. The number of hydrogen-bond acceptors (Lipinski definition) is 2. The van der Waals surface area contributed by atoms with Crippen LogP contribution in [0.2, 0.25) is 0 Å². The molecule has 0 amide bonds. The summed E-state index contributed by atoms with van der Waals surface area (Å²) in [4.78, 5) is 0. The van der Waals surface area contributed by atoms with E-state index in [1.807, 2.05) is 0 Å². The molecule has 1 aliphatic heterocycles. The van der Waals surface area contributed by atoms with Crippen molar-refractivity contribution >= 4 is 6.21 Å². The highest BCUT2D eigenvalue weighted by Crippen LogP contribution is 2.28. The summed E-state index contributed by atoms with van der Waals surface area (Å²) in [6.07, 6.45) is 4.11. The van der Waals surface area contributed by atoms with Gasteiger partial charge in [-0.05, 0) is 17.7 Å². The van der Waals surface area contributed by atoms with E-state index in [2.05, 4.69) is 17.7 Å². The Labute approximate surface area is 89.3 Å². The minimum absolute atomic E-state index is 0.0221. The normalized spacial score (nSPS) is 14.6. The molecule has 15 heavy (non-hydrogen) atoms. The van der Waals surface area contributed by atoms with Crippen LogP contribution in [0.4, 0.5) is 0 Å². The van der Waals surface area contributed by atoms with E-state index in [9.17, 15) is 10.2 Å². The van der Waals surface area contributed by atoms with E-state index in [4.69, 9.17) is 0 Å². The molecule has 3 nitrogen and oxygen atoms in total. The van der Waals surface area contributed by atoms with Gasteiger partial charge in [0.25, 0.3) is 0 Å². The van der Waals surface area contributed by atoms with E-state index in [1.165, 1.54) is 0 Å². The molecule has 1 aliphatic rings. The molecular weight excluding hydrogens is 190 g/mol. The fourth-order valence-corrected chi connectivity index (χ4v) is 1.96. The maximum atomic E-state index is 9.40. The first-order chi connectivity index (χ1) is 7.20. The molecule has 80 valence electrons. The highest BCUT2D eigenvalue weighted by molar-refractivity contribution is 5.80. The summed E-state index contributed by atoms with van der Waals surface area (Å²) in [6.45, 7) is 4.18. The molecule has 2 N–H and O–H groups in total. The molecule has 0 fully saturated rings. The standard InChI is InChI=1S/C12H15NO2/c1-2-4-13-5-3-9-6-11(14)12(15)7-10(9)8-13/h6-8,15H,2-5H2,1H3/p+1. The first-order valence-corrected chi connectivity index (χ1v) is 5.34. The molecule has 1 heterocycles. The van der Waals surface area contributed by atoms with Crippen molar-refractivity contribution < 1.29 is 14.8 Å². The third-order valence-corrected chi connectivity index (χ3v) is 2.74. The van der Waals surface area contributed by atoms with E-state index in [-0.39, 0.29) is 11.5 Å². The van der Waals surface area contributed by atoms with Gasteiger partial charge in [-0.25, -0.2) is 4.58 Å². The molecule has 0 saturated carbocycles. The Morgan fingerprint density at radius 2 is 2.00 bits per heavy atom. The highest BCUT2D eigenvalue weighted by atomic mass is 16.3. The number of phenols is 2. The Bertz CT molecular complexity index is 410. The molecule has 0 saturated heterocycles. The van der Waals surface area contributed by atoms with Crippen molar-refractivity contribution in [3.63, 3.8) is 0 Å². The van der Waals surface area contributed by atoms with Crippen molar-refractivity contribution in [2.24, 2.45) is 0 Å². The summed E-state index contributed by atoms with van der Waals surface area (Å²) < 4.78 is 2.25. The van der Waals surface area contributed by atoms with Gasteiger partial charge in [0.2, 0.25) is 0 Å². The number of phenolic OH excluding ortho intramolecular Hbond substituents is 2. The average Bonchev–Trinajstić information content (AvgIpc) is 2.21. The molecule has 0 unspecified atom stereocenters. The Kier molecular flexibility index (Phi) is 2.62. The Balaban J connectivity index is 2.37. The molecule has 0 spiro atoms. The van der Waals surface area contributed by atoms with Crippen LogP contribution >= 0.6 is 0 Å². The van der Waals surface area contributed by atoms with Crippen molar-refractivity contribution in [2.75, 3.05) is 13.1 Å². The van der Waals surface area contributed by atoms with Crippen LogP contribution in [0.15, 0.2) is 12.1 Å². The zero-order valence-corrected chi connectivity index (χ0v) is 8.90. The summed E-state index contributed by atoms with van der Waals surface area (Å²) in [5.74, 6) is -0.0607. The Morgan fingerprint density at radius 1 is 1.27 bits per heavy atom. The lowest BCUT2D eigenvalue weighted by atomic mass is 10.0. The number of benzene rings is 1. The number of aromatic hydroxyl groups is 2. The molecule has 0 radical (unpaired) electrons. The minimum Gasteiger partial charge on any atom is -0.504 e. The lowest BCUT2D eigenvalue weighted by molar-refractivity contribution is -0.524. The molecule has 0 bridgehead atoms. The molecule has 0 atom stereocenters. The number of fused-ring (bicyclic) bond motifs is 1. The highest BCUT2D eigenvalue weighted by Gasteiger charge is 2.17. The van der Waals surface area contributed by atoms with Gasteiger partial charge in [-0.1, -0.05) is 6.92 Å². The molecule has 3 heteroatoms. The third kappa shape index (κ3) is 1.96. The summed E-state index contributed by atoms with van der Waals surface area (Å²) in [6, 6.07) is 3.29. The van der Waals surface area contributed by atoms with Crippen LogP contribution in [-0.2, 0) is 6.42 Å². The van der Waals surface area contributed by atoms with Crippen molar-refractivity contribution in [1.82, 2.24) is 0 Å². The monoisotopic (exact) mass is 206 g/mol. The zero-order valence-electron chi connectivity index (χ0n) is 8.90. The van der Waals surface area contributed by atoms with Gasteiger partial charge in [-0.3, -0.25) is 0 Å². The fourth-order valence-electron chi connectivity index (χ4n) is 1.96. The average molecular weight is 206 g/mol. The maximum absolute atomic E-state index is 9.40. The number of nitrogens with zero attached hydrogens (tertiary/aromatic N) is 1. The van der Waals surface area contributed by atoms with Gasteiger partial charge < -0.3 is 10.2 Å². The topological polar surface area (TPSA) is 43.5 Å². The van der Waals surface area contributed by atoms with E-state index >= 15 is 0 Å². The van der Waals surface area contributed by atoms with E-state index in [1.54, 1.807) is 12.1 Å². The smallest absolute Gasteiger partial charge is 0.171 e. The Hall–Kier alpha value is -1.51. The van der Waals surface area contributed by atoms with Crippen molar-refractivity contribution in [3.05, 3.63) is 23.3 Å². The predicted molar refractivity (Wildman–Crippen MR) is 58.9 cm³/mol. The van der Waals surface area contributed by atoms with E-state index < -0.39 is 0 Å². The van der Waals surface area contributed by atoms with Gasteiger partial charge in [-0.2, -0.15) is 0 Å². The first-order valence-electron chi connectivity index (χ1n) is 5.34. The summed E-state index contributed by atoms with van der Waals surface area (Å²) in [7, 11) is 0. The minimum atomic E-state index is -0.0386. The SMILES string of the molecule is CCC[N+]1=Cc2cc(O)c(O)cc2CC1. The quantitative estimate of drug-likeness (QED) is 0.569. The van der Waals surface area contributed by atoms with Crippen molar-refractivity contribution in [1.29, 1.82) is 0 Å². The molecule has 0 aromatic heterocycles. The molecule has 2 rings (SSSR count). The van der Waals surface area contributed by atoms with Gasteiger partial charge in [0.15, 0.2) is 17.7 Å². The van der Waals surface area contributed by atoms with Gasteiger partial charge >= 0.3 is 0 Å². The van der Waals surface area contributed by atoms with Crippen molar-refractivity contribution in [3.8, 4) is 11.5 Å². The second kappa shape index (κ2) is 3.93. The van der Waals surface area contributed by atoms with Gasteiger partial charge in [-0.15, -0.1) is 0 Å². The lowest BCUT2D eigenvalue weighted by Crippen LogP contribution is -2.23. The van der Waals surface area contributed by atoms with Crippen LogP contribution in [0, 0.1) is 0 Å². The van der Waals surface area contributed by atoms with E-state index in [0.717, 1.165) is 37.1 Å². The lowest BCUT2D eigenvalue weighted by Gasteiger charge is -2.12. The van der Waals surface area contributed by atoms with E-state index in [0.29, 0.717) is 0 Å². The van der Waals surface area contributed by atoms with Gasteiger partial charge in [0, 0.05) is 18.4 Å². The van der Waals surface area contributed by atoms with Crippen LogP contribution in [-0.4, -0.2) is 34.1 Å². The largest absolute Gasteiger partial charge is 0.504 e. The third-order valence-electron chi connectivity index (χ3n) is 2.74. The summed E-state index contributed by atoms with van der Waals surface area (Å²) in [5.41, 5.74) is 2.13. The molecular formula is C12H16NO2+. The maximum Gasteiger partial charge on any atom is 0.171 e. The summed E-state index contributed by atoms with van der Waals surface area (Å²) >= 11 is 0. The Morgan fingerprint density at radius 3 is 2.73 bits per heavy atom. The molecule has 0 aliphatic carbocycles. The fraction of sp³-hybridized carbons (Fsp3) is 0.417. The van der Waals surface area contributed by atoms with Crippen LogP contribution in [0.1, 0.15) is 24.5 Å². The first kappa shape index (κ1) is 10.0. The number of rotatable bonds is 2. The second-order valence-electron chi connectivity index (χ2n) is 3.95.